The van der Waals surface area contributed by atoms with Gasteiger partial charge in [0, 0.05) is 16.7 Å². The zero-order valence-electron chi connectivity index (χ0n) is 13.5. The van der Waals surface area contributed by atoms with E-state index in [1.54, 1.807) is 12.1 Å². The van der Waals surface area contributed by atoms with E-state index in [0.29, 0.717) is 27.0 Å². The molecule has 0 heterocycles. The average molecular weight is 402 g/mol. The van der Waals surface area contributed by atoms with Crippen molar-refractivity contribution in [1.82, 2.24) is 5.32 Å². The Hall–Kier alpha value is -1.95. The summed E-state index contributed by atoms with van der Waals surface area (Å²) in [7, 11) is 1.47. The summed E-state index contributed by atoms with van der Waals surface area (Å²) in [6.45, 7) is 1.59. The first kappa shape index (κ1) is 19.4. The molecular weight excluding hydrogens is 387 g/mol. The molecule has 2 amide bonds. The molecule has 8 heteroatoms. The molecule has 0 saturated carbocycles. The number of aryl methyl sites for hydroxylation is 1. The Kier molecular flexibility index (Phi) is 6.53. The van der Waals surface area contributed by atoms with Crippen LogP contribution in [0.4, 0.5) is 5.69 Å². The van der Waals surface area contributed by atoms with Crippen LogP contribution in [0.15, 0.2) is 30.3 Å². The van der Waals surface area contributed by atoms with Gasteiger partial charge in [-0.25, -0.2) is 0 Å². The van der Waals surface area contributed by atoms with Gasteiger partial charge in [-0.2, -0.15) is 0 Å². The van der Waals surface area contributed by atoms with Crippen LogP contribution in [0.25, 0.3) is 0 Å². The molecule has 2 rings (SSSR count). The molecular formula is C17H15Cl3N2O3. The van der Waals surface area contributed by atoms with E-state index in [9.17, 15) is 9.59 Å². The molecule has 5 nitrogen and oxygen atoms in total. The van der Waals surface area contributed by atoms with Crippen molar-refractivity contribution in [2.75, 3.05) is 19.0 Å². The van der Waals surface area contributed by atoms with Crippen molar-refractivity contribution in [1.29, 1.82) is 0 Å². The number of carbonyl (C=O) groups is 2. The van der Waals surface area contributed by atoms with E-state index >= 15 is 0 Å². The third kappa shape index (κ3) is 5.01. The van der Waals surface area contributed by atoms with Gasteiger partial charge in [0.25, 0.3) is 5.91 Å². The second-order valence-electron chi connectivity index (χ2n) is 5.16. The van der Waals surface area contributed by atoms with Crippen molar-refractivity contribution >= 4 is 52.3 Å². The number of nitrogens with one attached hydrogen (secondary N) is 2. The van der Waals surface area contributed by atoms with Crippen molar-refractivity contribution < 1.29 is 14.3 Å². The predicted molar refractivity (Wildman–Crippen MR) is 100 cm³/mol. The molecule has 0 saturated heterocycles. The van der Waals surface area contributed by atoms with E-state index in [1.165, 1.54) is 25.3 Å². The van der Waals surface area contributed by atoms with E-state index in [2.05, 4.69) is 10.6 Å². The SMILES string of the molecule is COc1cc(Cl)c(C)cc1NC(=O)CNC(=O)c1ccc(Cl)c(Cl)c1. The molecule has 0 radical (unpaired) electrons. The summed E-state index contributed by atoms with van der Waals surface area (Å²) in [5.41, 5.74) is 1.57. The molecule has 132 valence electrons. The normalized spacial score (nSPS) is 10.3. The fourth-order valence-corrected chi connectivity index (χ4v) is 2.48. The smallest absolute Gasteiger partial charge is 0.251 e. The third-order valence-electron chi connectivity index (χ3n) is 3.35. The van der Waals surface area contributed by atoms with Crippen LogP contribution in [0.3, 0.4) is 0 Å². The van der Waals surface area contributed by atoms with Crippen LogP contribution in [-0.2, 0) is 4.79 Å². The number of anilines is 1. The topological polar surface area (TPSA) is 67.4 Å². The van der Waals surface area contributed by atoms with E-state index in [-0.39, 0.29) is 11.6 Å². The van der Waals surface area contributed by atoms with Crippen molar-refractivity contribution in [3.8, 4) is 5.75 Å². The molecule has 0 spiro atoms. The maximum Gasteiger partial charge on any atom is 0.251 e. The minimum absolute atomic E-state index is 0.218. The van der Waals surface area contributed by atoms with Crippen LogP contribution in [0.5, 0.6) is 5.75 Å². The minimum atomic E-state index is -0.437. The number of rotatable bonds is 5. The number of amides is 2. The predicted octanol–water partition coefficient (Wildman–Crippen LogP) is 4.33. The second-order valence-corrected chi connectivity index (χ2v) is 6.38. The molecule has 2 N–H and O–H groups in total. The fourth-order valence-electron chi connectivity index (χ4n) is 2.02. The van der Waals surface area contributed by atoms with Crippen LogP contribution < -0.4 is 15.4 Å². The minimum Gasteiger partial charge on any atom is -0.495 e. The molecule has 0 fully saturated rings. The van der Waals surface area contributed by atoms with E-state index < -0.39 is 11.8 Å². The molecule has 0 unspecified atom stereocenters. The van der Waals surface area contributed by atoms with Gasteiger partial charge in [0.15, 0.2) is 0 Å². The first-order chi connectivity index (χ1) is 11.8. The van der Waals surface area contributed by atoms with Crippen molar-refractivity contribution in [2.24, 2.45) is 0 Å². The van der Waals surface area contributed by atoms with Crippen LogP contribution in [0, 0.1) is 6.92 Å². The molecule has 2 aromatic carbocycles. The van der Waals surface area contributed by atoms with Gasteiger partial charge in [-0.15, -0.1) is 0 Å². The highest BCUT2D eigenvalue weighted by Crippen LogP contribution is 2.30. The Balaban J connectivity index is 2.00. The summed E-state index contributed by atoms with van der Waals surface area (Å²) in [5.74, 6) is -0.416. The number of carbonyl (C=O) groups excluding carboxylic acids is 2. The molecule has 0 aliphatic carbocycles. The number of halogens is 3. The zero-order valence-corrected chi connectivity index (χ0v) is 15.7. The monoisotopic (exact) mass is 400 g/mol. The lowest BCUT2D eigenvalue weighted by atomic mass is 10.2. The molecule has 0 aliphatic rings. The highest BCUT2D eigenvalue weighted by Gasteiger charge is 2.13. The molecule has 0 bridgehead atoms. The van der Waals surface area contributed by atoms with Gasteiger partial charge in [0.05, 0.1) is 29.4 Å². The maximum atomic E-state index is 12.1. The van der Waals surface area contributed by atoms with Crippen molar-refractivity contribution in [2.45, 2.75) is 6.92 Å². The van der Waals surface area contributed by atoms with Crippen molar-refractivity contribution in [3.63, 3.8) is 0 Å². The number of hydrogen-bond acceptors (Lipinski definition) is 3. The standard InChI is InChI=1S/C17H15Cl3N2O3/c1-9-5-14(15(25-2)7-12(9)19)22-16(23)8-21-17(24)10-3-4-11(18)13(20)6-10/h3-7H,8H2,1-2H3,(H,21,24)(H,22,23). The van der Waals surface area contributed by atoms with E-state index in [1.807, 2.05) is 6.92 Å². The van der Waals surface area contributed by atoms with Gasteiger partial charge in [-0.1, -0.05) is 34.8 Å². The molecule has 2 aromatic rings. The summed E-state index contributed by atoms with van der Waals surface area (Å²) in [5, 5.41) is 6.32. The molecule has 0 aromatic heterocycles. The first-order valence-corrected chi connectivity index (χ1v) is 8.32. The quantitative estimate of drug-likeness (QED) is 0.783. The van der Waals surface area contributed by atoms with Crippen LogP contribution in [-0.4, -0.2) is 25.5 Å². The summed E-state index contributed by atoms with van der Waals surface area (Å²) in [6.07, 6.45) is 0. The number of hydrogen-bond donors (Lipinski definition) is 2. The summed E-state index contributed by atoms with van der Waals surface area (Å²) >= 11 is 17.7. The molecule has 0 atom stereocenters. The summed E-state index contributed by atoms with van der Waals surface area (Å²) < 4.78 is 5.19. The number of ether oxygens (including phenoxy) is 1. The Bertz CT molecular complexity index is 825. The van der Waals surface area contributed by atoms with Crippen LogP contribution in [0.1, 0.15) is 15.9 Å². The average Bonchev–Trinajstić information content (AvgIpc) is 2.58. The lowest BCUT2D eigenvalue weighted by Crippen LogP contribution is -2.32. The molecule has 25 heavy (non-hydrogen) atoms. The largest absolute Gasteiger partial charge is 0.495 e. The Labute approximate surface area is 160 Å². The number of benzene rings is 2. The lowest BCUT2D eigenvalue weighted by molar-refractivity contribution is -0.115. The van der Waals surface area contributed by atoms with Crippen LogP contribution >= 0.6 is 34.8 Å². The first-order valence-electron chi connectivity index (χ1n) is 7.19. The van der Waals surface area contributed by atoms with E-state index in [0.717, 1.165) is 5.56 Å². The van der Waals surface area contributed by atoms with Gasteiger partial charge in [-0.3, -0.25) is 9.59 Å². The Morgan fingerprint density at radius 1 is 1.04 bits per heavy atom. The highest BCUT2D eigenvalue weighted by molar-refractivity contribution is 6.42. The van der Waals surface area contributed by atoms with Gasteiger partial charge < -0.3 is 15.4 Å². The fraction of sp³-hybridized carbons (Fsp3) is 0.176. The summed E-state index contributed by atoms with van der Waals surface area (Å²) in [4.78, 5) is 24.1. The number of methoxy groups -OCH3 is 1. The van der Waals surface area contributed by atoms with Gasteiger partial charge in [0.2, 0.25) is 5.91 Å². The Morgan fingerprint density at radius 3 is 2.40 bits per heavy atom. The van der Waals surface area contributed by atoms with E-state index in [4.69, 9.17) is 39.5 Å². The van der Waals surface area contributed by atoms with Gasteiger partial charge in [-0.05, 0) is 36.8 Å². The van der Waals surface area contributed by atoms with Gasteiger partial charge >= 0.3 is 0 Å². The van der Waals surface area contributed by atoms with Crippen molar-refractivity contribution in [3.05, 3.63) is 56.5 Å². The zero-order chi connectivity index (χ0) is 18.6. The lowest BCUT2D eigenvalue weighted by Gasteiger charge is -2.12. The highest BCUT2D eigenvalue weighted by atomic mass is 35.5. The maximum absolute atomic E-state index is 12.1. The second kappa shape index (κ2) is 8.43. The third-order valence-corrected chi connectivity index (χ3v) is 4.49. The van der Waals surface area contributed by atoms with Crippen LogP contribution in [0.2, 0.25) is 15.1 Å². The molecule has 0 aliphatic heterocycles. The van der Waals surface area contributed by atoms with Gasteiger partial charge in [0.1, 0.15) is 5.75 Å². The Morgan fingerprint density at radius 2 is 1.76 bits per heavy atom. The summed E-state index contributed by atoms with van der Waals surface area (Å²) in [6, 6.07) is 7.77.